The van der Waals surface area contributed by atoms with Gasteiger partial charge in [-0.2, -0.15) is 0 Å². The summed E-state index contributed by atoms with van der Waals surface area (Å²) in [6.07, 6.45) is 15.6. The Bertz CT molecular complexity index is 387. The largest absolute Gasteiger partial charge is 0.494 e. The Balaban J connectivity index is 1.88. The molecule has 0 saturated heterocycles. The fraction of sp³-hybridized carbons (Fsp3) is 0.650. The summed E-state index contributed by atoms with van der Waals surface area (Å²) in [5, 5.41) is 0. The van der Waals surface area contributed by atoms with E-state index in [1.54, 1.807) is 12.1 Å². The predicted octanol–water partition coefficient (Wildman–Crippen LogP) is 6.19. The predicted molar refractivity (Wildman–Crippen MR) is 93.8 cm³/mol. The van der Waals surface area contributed by atoms with Crippen molar-refractivity contribution in [2.45, 2.75) is 77.6 Å². The molecule has 0 unspecified atom stereocenters. The highest BCUT2D eigenvalue weighted by Gasteiger charge is 1.97. The molecule has 2 nitrogen and oxygen atoms in total. The molecule has 0 aliphatic rings. The van der Waals surface area contributed by atoms with E-state index in [-0.39, 0.29) is 0 Å². The number of carbonyl (C=O) groups is 1. The maximum Gasteiger partial charge on any atom is 0.150 e. The minimum Gasteiger partial charge on any atom is -0.494 e. The van der Waals surface area contributed by atoms with Crippen molar-refractivity contribution in [2.24, 2.45) is 0 Å². The van der Waals surface area contributed by atoms with Gasteiger partial charge in [-0.3, -0.25) is 4.79 Å². The van der Waals surface area contributed by atoms with Crippen molar-refractivity contribution in [3.05, 3.63) is 29.8 Å². The van der Waals surface area contributed by atoms with Gasteiger partial charge in [-0.15, -0.1) is 0 Å². The molecule has 0 N–H and O–H groups in total. The molecule has 1 rings (SSSR count). The van der Waals surface area contributed by atoms with Gasteiger partial charge in [-0.05, 0) is 18.6 Å². The van der Waals surface area contributed by atoms with Crippen molar-refractivity contribution in [1.82, 2.24) is 0 Å². The Morgan fingerprint density at radius 1 is 0.864 bits per heavy atom. The van der Waals surface area contributed by atoms with Crippen molar-refractivity contribution < 1.29 is 9.53 Å². The number of rotatable bonds is 14. The highest BCUT2D eigenvalue weighted by molar-refractivity contribution is 5.75. The summed E-state index contributed by atoms with van der Waals surface area (Å²) < 4.78 is 5.67. The minimum atomic E-state index is 0.677. The van der Waals surface area contributed by atoms with Crippen LogP contribution in [0.2, 0.25) is 0 Å². The number of hydrogen-bond donors (Lipinski definition) is 0. The molecule has 0 aliphatic carbocycles. The summed E-state index contributed by atoms with van der Waals surface area (Å²) in [5.41, 5.74) is 0.677. The summed E-state index contributed by atoms with van der Waals surface area (Å²) in [4.78, 5) is 10.7. The zero-order chi connectivity index (χ0) is 15.9. The molecular formula is C20H32O2. The molecule has 0 spiro atoms. The number of unbranched alkanes of at least 4 members (excludes halogenated alkanes) is 10. The molecule has 0 heterocycles. The number of aldehydes is 1. The lowest BCUT2D eigenvalue weighted by Crippen LogP contribution is -1.97. The summed E-state index contributed by atoms with van der Waals surface area (Å²) in [5.74, 6) is 0.802. The highest BCUT2D eigenvalue weighted by Crippen LogP contribution is 2.14. The van der Waals surface area contributed by atoms with Gasteiger partial charge in [-0.1, -0.05) is 83.3 Å². The third-order valence-corrected chi connectivity index (χ3v) is 4.01. The van der Waals surface area contributed by atoms with Gasteiger partial charge in [0.05, 0.1) is 6.61 Å². The SMILES string of the molecule is CCCCCCCCCCCCCOc1cccc(C=O)c1. The van der Waals surface area contributed by atoms with Crippen LogP contribution in [0.1, 0.15) is 87.9 Å². The standard InChI is InChI=1S/C20H32O2/c1-2-3-4-5-6-7-8-9-10-11-12-16-22-20-15-13-14-19(17-20)18-21/h13-15,17-18H,2-12,16H2,1H3. The van der Waals surface area contributed by atoms with E-state index in [4.69, 9.17) is 4.74 Å². The second kappa shape index (κ2) is 13.4. The zero-order valence-electron chi connectivity index (χ0n) is 14.2. The first-order valence-corrected chi connectivity index (χ1v) is 9.05. The smallest absolute Gasteiger partial charge is 0.150 e. The Hall–Kier alpha value is -1.31. The van der Waals surface area contributed by atoms with Crippen LogP contribution in [-0.4, -0.2) is 12.9 Å². The molecule has 124 valence electrons. The summed E-state index contributed by atoms with van der Waals surface area (Å²) in [6.45, 7) is 3.02. The number of benzene rings is 1. The van der Waals surface area contributed by atoms with Gasteiger partial charge >= 0.3 is 0 Å². The van der Waals surface area contributed by atoms with Crippen LogP contribution in [-0.2, 0) is 0 Å². The third-order valence-electron chi connectivity index (χ3n) is 4.01. The monoisotopic (exact) mass is 304 g/mol. The van der Waals surface area contributed by atoms with Crippen LogP contribution in [0.5, 0.6) is 5.75 Å². The molecule has 2 heteroatoms. The van der Waals surface area contributed by atoms with Crippen molar-refractivity contribution in [3.63, 3.8) is 0 Å². The van der Waals surface area contributed by atoms with Gasteiger partial charge in [0.2, 0.25) is 0 Å². The van der Waals surface area contributed by atoms with Crippen LogP contribution < -0.4 is 4.74 Å². The highest BCUT2D eigenvalue weighted by atomic mass is 16.5. The molecule has 1 aromatic rings. The van der Waals surface area contributed by atoms with Crippen LogP contribution in [0, 0.1) is 0 Å². The molecule has 0 amide bonds. The van der Waals surface area contributed by atoms with E-state index < -0.39 is 0 Å². The first-order valence-electron chi connectivity index (χ1n) is 9.05. The topological polar surface area (TPSA) is 26.3 Å². The van der Waals surface area contributed by atoms with E-state index >= 15 is 0 Å². The Kier molecular flexibility index (Phi) is 11.4. The van der Waals surface area contributed by atoms with Crippen LogP contribution >= 0.6 is 0 Å². The second-order valence-electron chi connectivity index (χ2n) is 6.07. The molecule has 0 aromatic heterocycles. The third kappa shape index (κ3) is 9.59. The van der Waals surface area contributed by atoms with E-state index in [1.165, 1.54) is 64.2 Å². The van der Waals surface area contributed by atoms with Gasteiger partial charge in [0.15, 0.2) is 0 Å². The van der Waals surface area contributed by atoms with Crippen molar-refractivity contribution in [3.8, 4) is 5.75 Å². The Morgan fingerprint density at radius 3 is 2.05 bits per heavy atom. The van der Waals surface area contributed by atoms with Crippen molar-refractivity contribution in [1.29, 1.82) is 0 Å². The second-order valence-corrected chi connectivity index (χ2v) is 6.07. The van der Waals surface area contributed by atoms with Crippen LogP contribution in [0.4, 0.5) is 0 Å². The lowest BCUT2D eigenvalue weighted by molar-refractivity contribution is 0.112. The first-order chi connectivity index (χ1) is 10.9. The molecule has 0 atom stereocenters. The Morgan fingerprint density at radius 2 is 1.45 bits per heavy atom. The number of hydrogen-bond acceptors (Lipinski definition) is 2. The summed E-state index contributed by atoms with van der Waals surface area (Å²) in [7, 11) is 0. The normalized spacial score (nSPS) is 10.6. The van der Waals surface area contributed by atoms with Crippen LogP contribution in [0.25, 0.3) is 0 Å². The van der Waals surface area contributed by atoms with Crippen LogP contribution in [0.3, 0.4) is 0 Å². The first kappa shape index (κ1) is 18.7. The number of carbonyl (C=O) groups excluding carboxylic acids is 1. The molecule has 0 fully saturated rings. The molecule has 22 heavy (non-hydrogen) atoms. The summed E-state index contributed by atoms with van der Waals surface area (Å²) in [6, 6.07) is 7.36. The van der Waals surface area contributed by atoms with Crippen molar-refractivity contribution in [2.75, 3.05) is 6.61 Å². The molecule has 0 saturated carbocycles. The van der Waals surface area contributed by atoms with Gasteiger partial charge in [0.1, 0.15) is 12.0 Å². The average Bonchev–Trinajstić information content (AvgIpc) is 2.56. The molecule has 0 radical (unpaired) electrons. The quantitative estimate of drug-likeness (QED) is 0.302. The molecule has 1 aromatic carbocycles. The van der Waals surface area contributed by atoms with Crippen molar-refractivity contribution >= 4 is 6.29 Å². The maximum atomic E-state index is 10.7. The van der Waals surface area contributed by atoms with E-state index in [1.807, 2.05) is 12.1 Å². The molecule has 0 bridgehead atoms. The maximum absolute atomic E-state index is 10.7. The van der Waals surface area contributed by atoms with Gasteiger partial charge < -0.3 is 4.74 Å². The van der Waals surface area contributed by atoms with Gasteiger partial charge in [0.25, 0.3) is 0 Å². The van der Waals surface area contributed by atoms with E-state index in [9.17, 15) is 4.79 Å². The van der Waals surface area contributed by atoms with Gasteiger partial charge in [0, 0.05) is 5.56 Å². The van der Waals surface area contributed by atoms with E-state index in [2.05, 4.69) is 6.92 Å². The zero-order valence-corrected chi connectivity index (χ0v) is 14.2. The fourth-order valence-corrected chi connectivity index (χ4v) is 2.63. The molecule has 0 aliphatic heterocycles. The van der Waals surface area contributed by atoms with E-state index in [0.717, 1.165) is 25.1 Å². The molecular weight excluding hydrogens is 272 g/mol. The van der Waals surface area contributed by atoms with E-state index in [0.29, 0.717) is 5.56 Å². The van der Waals surface area contributed by atoms with Gasteiger partial charge in [-0.25, -0.2) is 0 Å². The van der Waals surface area contributed by atoms with Crippen LogP contribution in [0.15, 0.2) is 24.3 Å². The average molecular weight is 304 g/mol. The lowest BCUT2D eigenvalue weighted by atomic mass is 10.1. The fourth-order valence-electron chi connectivity index (χ4n) is 2.63. The Labute approximate surface area is 136 Å². The lowest BCUT2D eigenvalue weighted by Gasteiger charge is -2.06. The minimum absolute atomic E-state index is 0.677. The summed E-state index contributed by atoms with van der Waals surface area (Å²) >= 11 is 0. The number of ether oxygens (including phenoxy) is 1.